The Kier molecular flexibility index (Phi) is 3.81. The molecular formula is C13H16N2O2S. The highest BCUT2D eigenvalue weighted by atomic mass is 32.1. The zero-order valence-electron chi connectivity index (χ0n) is 10.7. The minimum Gasteiger partial charge on any atom is -0.455 e. The molecule has 0 atom stereocenters. The molecule has 0 saturated carbocycles. The van der Waals surface area contributed by atoms with Crippen LogP contribution in [-0.4, -0.2) is 15.7 Å². The Bertz CT molecular complexity index is 543. The number of carbonyl (C=O) groups is 1. The van der Waals surface area contributed by atoms with Gasteiger partial charge < -0.3 is 4.74 Å². The van der Waals surface area contributed by atoms with Crippen molar-refractivity contribution in [1.29, 1.82) is 0 Å². The number of esters is 1. The topological polar surface area (TPSA) is 44.1 Å². The second kappa shape index (κ2) is 5.35. The molecule has 4 nitrogen and oxygen atoms in total. The van der Waals surface area contributed by atoms with Crippen LogP contribution in [0, 0.1) is 6.92 Å². The van der Waals surface area contributed by atoms with Crippen LogP contribution in [0.5, 0.6) is 0 Å². The molecule has 0 spiro atoms. The molecule has 2 heterocycles. The van der Waals surface area contributed by atoms with E-state index in [4.69, 9.17) is 4.74 Å². The average molecular weight is 264 g/mol. The third kappa shape index (κ3) is 2.79. The van der Waals surface area contributed by atoms with E-state index in [0.717, 1.165) is 10.4 Å². The zero-order valence-corrected chi connectivity index (χ0v) is 11.5. The van der Waals surface area contributed by atoms with E-state index in [1.165, 1.54) is 0 Å². The van der Waals surface area contributed by atoms with Crippen molar-refractivity contribution in [1.82, 2.24) is 9.78 Å². The van der Waals surface area contributed by atoms with Crippen LogP contribution < -0.4 is 0 Å². The zero-order chi connectivity index (χ0) is 13.1. The maximum Gasteiger partial charge on any atom is 0.359 e. The minimum absolute atomic E-state index is 0.242. The molecule has 2 rings (SSSR count). The molecule has 0 bridgehead atoms. The Labute approximate surface area is 110 Å². The van der Waals surface area contributed by atoms with Crippen LogP contribution in [0.4, 0.5) is 0 Å². The lowest BCUT2D eigenvalue weighted by molar-refractivity contribution is 0.0468. The van der Waals surface area contributed by atoms with Crippen LogP contribution in [-0.2, 0) is 11.3 Å². The summed E-state index contributed by atoms with van der Waals surface area (Å²) in [7, 11) is 0. The van der Waals surface area contributed by atoms with Crippen LogP contribution >= 0.6 is 11.3 Å². The number of nitrogens with zero attached hydrogens (tertiary/aromatic N) is 2. The van der Waals surface area contributed by atoms with Gasteiger partial charge in [-0.2, -0.15) is 5.10 Å². The van der Waals surface area contributed by atoms with E-state index in [1.54, 1.807) is 28.3 Å². The van der Waals surface area contributed by atoms with Gasteiger partial charge in [-0.1, -0.05) is 0 Å². The summed E-state index contributed by atoms with van der Waals surface area (Å²) in [6, 6.07) is 3.94. The van der Waals surface area contributed by atoms with Crippen molar-refractivity contribution in [2.45, 2.75) is 33.4 Å². The van der Waals surface area contributed by atoms with Gasteiger partial charge in [0.25, 0.3) is 0 Å². The van der Waals surface area contributed by atoms with Crippen LogP contribution in [0.2, 0.25) is 0 Å². The Balaban J connectivity index is 1.97. The van der Waals surface area contributed by atoms with Crippen molar-refractivity contribution in [3.63, 3.8) is 0 Å². The lowest BCUT2D eigenvalue weighted by Gasteiger charge is -2.04. The first-order chi connectivity index (χ1) is 8.58. The van der Waals surface area contributed by atoms with Crippen LogP contribution in [0.15, 0.2) is 23.7 Å². The summed E-state index contributed by atoms with van der Waals surface area (Å²) < 4.78 is 6.99. The van der Waals surface area contributed by atoms with Gasteiger partial charge >= 0.3 is 5.97 Å². The number of aromatic nitrogens is 2. The molecule has 0 unspecified atom stereocenters. The maximum absolute atomic E-state index is 11.8. The van der Waals surface area contributed by atoms with E-state index in [1.807, 2.05) is 32.2 Å². The SMILES string of the molecule is Cc1ccsc1COC(=O)c1ccn(C(C)C)n1. The summed E-state index contributed by atoms with van der Waals surface area (Å²) in [6.45, 7) is 6.35. The highest BCUT2D eigenvalue weighted by Crippen LogP contribution is 2.17. The average Bonchev–Trinajstić information content (AvgIpc) is 2.94. The van der Waals surface area contributed by atoms with Gasteiger partial charge in [0.15, 0.2) is 5.69 Å². The first kappa shape index (κ1) is 12.8. The van der Waals surface area contributed by atoms with E-state index in [0.29, 0.717) is 12.3 Å². The van der Waals surface area contributed by atoms with Crippen molar-refractivity contribution in [3.05, 3.63) is 39.8 Å². The van der Waals surface area contributed by atoms with Crippen LogP contribution in [0.1, 0.15) is 40.8 Å². The molecule has 2 aromatic rings. The molecule has 0 saturated heterocycles. The fourth-order valence-corrected chi connectivity index (χ4v) is 2.31. The Hall–Kier alpha value is -1.62. The molecule has 0 fully saturated rings. The van der Waals surface area contributed by atoms with Crippen molar-refractivity contribution in [2.75, 3.05) is 0 Å². The van der Waals surface area contributed by atoms with Gasteiger partial charge in [0.1, 0.15) is 6.61 Å². The number of aryl methyl sites for hydroxylation is 1. The van der Waals surface area contributed by atoms with Crippen molar-refractivity contribution >= 4 is 17.3 Å². The highest BCUT2D eigenvalue weighted by molar-refractivity contribution is 7.10. The van der Waals surface area contributed by atoms with Gasteiger partial charge in [0, 0.05) is 17.1 Å². The predicted octanol–water partition coefficient (Wildman–Crippen LogP) is 3.19. The van der Waals surface area contributed by atoms with E-state index in [9.17, 15) is 4.79 Å². The molecule has 96 valence electrons. The van der Waals surface area contributed by atoms with Gasteiger partial charge in [-0.15, -0.1) is 11.3 Å². The molecular weight excluding hydrogens is 248 g/mol. The first-order valence-corrected chi connectivity index (χ1v) is 6.71. The Morgan fingerprint density at radius 2 is 2.28 bits per heavy atom. The van der Waals surface area contributed by atoms with Crippen LogP contribution in [0.25, 0.3) is 0 Å². The van der Waals surface area contributed by atoms with Gasteiger partial charge in [-0.3, -0.25) is 4.68 Å². The molecule has 0 N–H and O–H groups in total. The van der Waals surface area contributed by atoms with E-state index < -0.39 is 0 Å². The van der Waals surface area contributed by atoms with Gasteiger partial charge in [-0.05, 0) is 43.8 Å². The summed E-state index contributed by atoms with van der Waals surface area (Å²) in [5, 5.41) is 6.17. The highest BCUT2D eigenvalue weighted by Gasteiger charge is 2.13. The van der Waals surface area contributed by atoms with Gasteiger partial charge in [0.05, 0.1) is 0 Å². The third-order valence-corrected chi connectivity index (χ3v) is 3.65. The number of carbonyl (C=O) groups excluding carboxylic acids is 1. The molecule has 0 aliphatic rings. The molecule has 0 aromatic carbocycles. The van der Waals surface area contributed by atoms with Gasteiger partial charge in [-0.25, -0.2) is 4.79 Å². The number of hydrogen-bond acceptors (Lipinski definition) is 4. The molecule has 0 aliphatic carbocycles. The summed E-state index contributed by atoms with van der Waals surface area (Å²) in [6.07, 6.45) is 1.79. The Morgan fingerprint density at radius 1 is 1.50 bits per heavy atom. The monoisotopic (exact) mass is 264 g/mol. The summed E-state index contributed by atoms with van der Waals surface area (Å²) in [5.41, 5.74) is 1.51. The second-order valence-electron chi connectivity index (χ2n) is 4.38. The second-order valence-corrected chi connectivity index (χ2v) is 5.38. The summed E-state index contributed by atoms with van der Waals surface area (Å²) >= 11 is 1.59. The van der Waals surface area contributed by atoms with Crippen LogP contribution in [0.3, 0.4) is 0 Å². The predicted molar refractivity (Wildman–Crippen MR) is 70.8 cm³/mol. The standard InChI is InChI=1S/C13H16N2O2S/c1-9(2)15-6-4-11(14-15)13(16)17-8-12-10(3)5-7-18-12/h4-7,9H,8H2,1-3H3. The van der Waals surface area contributed by atoms with E-state index >= 15 is 0 Å². The van der Waals surface area contributed by atoms with E-state index in [2.05, 4.69) is 5.10 Å². The number of rotatable bonds is 4. The first-order valence-electron chi connectivity index (χ1n) is 5.83. The number of ether oxygens (including phenoxy) is 1. The minimum atomic E-state index is -0.373. The van der Waals surface area contributed by atoms with Crippen molar-refractivity contribution in [2.24, 2.45) is 0 Å². The van der Waals surface area contributed by atoms with Gasteiger partial charge in [0.2, 0.25) is 0 Å². The maximum atomic E-state index is 11.8. The molecule has 0 amide bonds. The normalized spacial score (nSPS) is 10.9. The summed E-state index contributed by atoms with van der Waals surface area (Å²) in [4.78, 5) is 12.9. The van der Waals surface area contributed by atoms with E-state index in [-0.39, 0.29) is 12.0 Å². The van der Waals surface area contributed by atoms with Crippen molar-refractivity contribution < 1.29 is 9.53 Å². The summed E-state index contributed by atoms with van der Waals surface area (Å²) in [5.74, 6) is -0.373. The number of thiophene rings is 1. The quantitative estimate of drug-likeness (QED) is 0.797. The fraction of sp³-hybridized carbons (Fsp3) is 0.385. The third-order valence-electron chi connectivity index (χ3n) is 2.65. The molecule has 18 heavy (non-hydrogen) atoms. The molecule has 0 aliphatic heterocycles. The lowest BCUT2D eigenvalue weighted by Crippen LogP contribution is -2.08. The molecule has 2 aromatic heterocycles. The largest absolute Gasteiger partial charge is 0.455 e. The lowest BCUT2D eigenvalue weighted by atomic mass is 10.3. The van der Waals surface area contributed by atoms with Crippen molar-refractivity contribution in [3.8, 4) is 0 Å². The Morgan fingerprint density at radius 3 is 2.83 bits per heavy atom. The fourth-order valence-electron chi connectivity index (χ4n) is 1.49. The molecule has 5 heteroatoms. The molecule has 0 radical (unpaired) electrons. The number of hydrogen-bond donors (Lipinski definition) is 0. The smallest absolute Gasteiger partial charge is 0.359 e.